The molecular weight excluding hydrogens is 312 g/mol. The number of carbonyl (C=O) groups is 1. The number of amides is 1. The summed E-state index contributed by atoms with van der Waals surface area (Å²) in [6.07, 6.45) is 9.09. The Kier molecular flexibility index (Phi) is 4.63. The Morgan fingerprint density at radius 1 is 1.08 bits per heavy atom. The van der Waals surface area contributed by atoms with Gasteiger partial charge in [-0.2, -0.15) is 0 Å². The van der Waals surface area contributed by atoms with Crippen molar-refractivity contribution in [3.05, 3.63) is 54.6 Å². The van der Waals surface area contributed by atoms with E-state index >= 15 is 0 Å². The van der Waals surface area contributed by atoms with Crippen LogP contribution in [0, 0.1) is 5.92 Å². The molecule has 0 spiro atoms. The van der Waals surface area contributed by atoms with E-state index in [1.165, 1.54) is 5.69 Å². The lowest BCUT2D eigenvalue weighted by molar-refractivity contribution is -0.139. The molecule has 2 aromatic rings. The molecule has 2 aliphatic rings. The van der Waals surface area contributed by atoms with Gasteiger partial charge in [-0.05, 0) is 43.0 Å². The summed E-state index contributed by atoms with van der Waals surface area (Å²) in [6.45, 7) is 2.81. The fourth-order valence-corrected chi connectivity index (χ4v) is 4.21. The number of hydrogen-bond acceptors (Lipinski definition) is 4. The molecule has 0 unspecified atom stereocenters. The zero-order chi connectivity index (χ0) is 17.1. The van der Waals surface area contributed by atoms with Crippen molar-refractivity contribution in [2.75, 3.05) is 24.5 Å². The van der Waals surface area contributed by atoms with Crippen LogP contribution in [-0.2, 0) is 11.2 Å². The van der Waals surface area contributed by atoms with Gasteiger partial charge in [0.1, 0.15) is 0 Å². The number of carbonyl (C=O) groups excluding carboxylic acids is 1. The van der Waals surface area contributed by atoms with Crippen LogP contribution in [0.3, 0.4) is 0 Å². The molecule has 1 amide bonds. The minimum Gasteiger partial charge on any atom is -0.371 e. The van der Waals surface area contributed by atoms with Gasteiger partial charge < -0.3 is 9.80 Å². The smallest absolute Gasteiger partial charge is 0.222 e. The van der Waals surface area contributed by atoms with Crippen LogP contribution in [0.15, 0.2) is 48.9 Å². The van der Waals surface area contributed by atoms with Gasteiger partial charge in [-0.1, -0.05) is 6.07 Å². The number of aromatic nitrogens is 2. The minimum absolute atomic E-state index is 0.314. The van der Waals surface area contributed by atoms with E-state index in [1.54, 1.807) is 0 Å². The summed E-state index contributed by atoms with van der Waals surface area (Å²) in [6, 6.07) is 10.5. The molecular formula is C20H24N4O. The number of nitrogens with zero attached hydrogens (tertiary/aromatic N) is 4. The Morgan fingerprint density at radius 2 is 1.96 bits per heavy atom. The van der Waals surface area contributed by atoms with Gasteiger partial charge >= 0.3 is 0 Å². The standard InChI is InChI=1S/C20H24N4O/c25-20-5-4-16-15-23(18-6-11-21-12-7-18)13-9-19(16)24(20)14-8-17-3-1-2-10-22-17/h1-3,6-7,10-12,16,19H,4-5,8-9,13-15H2/t16-,19+/m0/s1. The van der Waals surface area contributed by atoms with Crippen LogP contribution in [0.5, 0.6) is 0 Å². The fourth-order valence-electron chi connectivity index (χ4n) is 4.21. The maximum atomic E-state index is 12.5. The molecule has 4 rings (SSSR count). The zero-order valence-electron chi connectivity index (χ0n) is 14.4. The van der Waals surface area contributed by atoms with E-state index in [4.69, 9.17) is 0 Å². The van der Waals surface area contributed by atoms with Crippen LogP contribution >= 0.6 is 0 Å². The first-order valence-electron chi connectivity index (χ1n) is 9.15. The van der Waals surface area contributed by atoms with E-state index in [0.29, 0.717) is 24.3 Å². The molecule has 2 saturated heterocycles. The molecule has 0 aromatic carbocycles. The van der Waals surface area contributed by atoms with E-state index in [9.17, 15) is 4.79 Å². The van der Waals surface area contributed by atoms with Crippen molar-refractivity contribution >= 4 is 11.6 Å². The van der Waals surface area contributed by atoms with Crippen molar-refractivity contribution in [3.63, 3.8) is 0 Å². The fraction of sp³-hybridized carbons (Fsp3) is 0.450. The Morgan fingerprint density at radius 3 is 2.76 bits per heavy atom. The first-order chi connectivity index (χ1) is 12.3. The summed E-state index contributed by atoms with van der Waals surface area (Å²) in [4.78, 5) is 25.6. The van der Waals surface area contributed by atoms with E-state index < -0.39 is 0 Å². The largest absolute Gasteiger partial charge is 0.371 e. The van der Waals surface area contributed by atoms with Crippen molar-refractivity contribution in [1.82, 2.24) is 14.9 Å². The average molecular weight is 336 g/mol. The second kappa shape index (κ2) is 7.21. The molecule has 2 aliphatic heterocycles. The highest BCUT2D eigenvalue weighted by atomic mass is 16.2. The second-order valence-electron chi connectivity index (χ2n) is 6.96. The normalized spacial score (nSPS) is 23.4. The number of anilines is 1. The van der Waals surface area contributed by atoms with Gasteiger partial charge in [0, 0.05) is 68.5 Å². The molecule has 0 bridgehead atoms. The van der Waals surface area contributed by atoms with Crippen molar-refractivity contribution in [2.24, 2.45) is 5.92 Å². The molecule has 4 heterocycles. The summed E-state index contributed by atoms with van der Waals surface area (Å²) in [7, 11) is 0. The highest BCUT2D eigenvalue weighted by molar-refractivity contribution is 5.77. The molecule has 5 nitrogen and oxygen atoms in total. The first-order valence-corrected chi connectivity index (χ1v) is 9.15. The summed E-state index contributed by atoms with van der Waals surface area (Å²) in [5.41, 5.74) is 2.30. The minimum atomic E-state index is 0.314. The Balaban J connectivity index is 1.43. The van der Waals surface area contributed by atoms with Crippen LogP contribution in [0.1, 0.15) is 25.0 Å². The molecule has 0 saturated carbocycles. The maximum Gasteiger partial charge on any atom is 0.222 e. The number of likely N-dealkylation sites (tertiary alicyclic amines) is 1. The Hall–Kier alpha value is -2.43. The summed E-state index contributed by atoms with van der Waals surface area (Å²) < 4.78 is 0. The van der Waals surface area contributed by atoms with Crippen molar-refractivity contribution in [2.45, 2.75) is 31.7 Å². The number of piperidine rings is 2. The monoisotopic (exact) mass is 336 g/mol. The predicted octanol–water partition coefficient (Wildman–Crippen LogP) is 2.54. The molecule has 0 radical (unpaired) electrons. The number of fused-ring (bicyclic) bond motifs is 1. The molecule has 25 heavy (non-hydrogen) atoms. The SMILES string of the molecule is O=C1CC[C@H]2CN(c3ccncc3)CC[C@H]2N1CCc1ccccn1. The molecule has 2 fully saturated rings. The van der Waals surface area contributed by atoms with Gasteiger partial charge in [0.2, 0.25) is 5.91 Å². The van der Waals surface area contributed by atoms with Gasteiger partial charge in [0.25, 0.3) is 0 Å². The van der Waals surface area contributed by atoms with Gasteiger partial charge in [0.05, 0.1) is 0 Å². The average Bonchev–Trinajstić information content (AvgIpc) is 2.68. The molecule has 5 heteroatoms. The van der Waals surface area contributed by atoms with E-state index in [0.717, 1.165) is 44.6 Å². The van der Waals surface area contributed by atoms with Crippen molar-refractivity contribution < 1.29 is 4.79 Å². The number of rotatable bonds is 4. The third-order valence-corrected chi connectivity index (χ3v) is 5.51. The van der Waals surface area contributed by atoms with Crippen LogP contribution in [0.4, 0.5) is 5.69 Å². The topological polar surface area (TPSA) is 49.3 Å². The van der Waals surface area contributed by atoms with Crippen molar-refractivity contribution in [3.8, 4) is 0 Å². The lowest BCUT2D eigenvalue weighted by Crippen LogP contribution is -2.56. The van der Waals surface area contributed by atoms with E-state index in [2.05, 4.69) is 31.9 Å². The van der Waals surface area contributed by atoms with Crippen LogP contribution in [0.25, 0.3) is 0 Å². The van der Waals surface area contributed by atoms with Crippen LogP contribution < -0.4 is 4.90 Å². The predicted molar refractivity (Wildman–Crippen MR) is 97.2 cm³/mol. The number of hydrogen-bond donors (Lipinski definition) is 0. The summed E-state index contributed by atoms with van der Waals surface area (Å²) in [5.74, 6) is 0.873. The van der Waals surface area contributed by atoms with E-state index in [1.807, 2.05) is 36.8 Å². The highest BCUT2D eigenvalue weighted by Crippen LogP contribution is 2.33. The molecule has 0 aliphatic carbocycles. The third-order valence-electron chi connectivity index (χ3n) is 5.51. The molecule has 2 atom stereocenters. The van der Waals surface area contributed by atoms with Gasteiger partial charge in [-0.3, -0.25) is 14.8 Å². The third kappa shape index (κ3) is 3.50. The Bertz CT molecular complexity index is 706. The van der Waals surface area contributed by atoms with Gasteiger partial charge in [0.15, 0.2) is 0 Å². The lowest BCUT2D eigenvalue weighted by atomic mass is 9.83. The zero-order valence-corrected chi connectivity index (χ0v) is 14.4. The lowest BCUT2D eigenvalue weighted by Gasteiger charge is -2.47. The van der Waals surface area contributed by atoms with Gasteiger partial charge in [-0.25, -0.2) is 0 Å². The summed E-state index contributed by atoms with van der Waals surface area (Å²) in [5, 5.41) is 0. The number of pyridine rings is 2. The van der Waals surface area contributed by atoms with Crippen LogP contribution in [0.2, 0.25) is 0 Å². The van der Waals surface area contributed by atoms with Crippen molar-refractivity contribution in [1.29, 1.82) is 0 Å². The second-order valence-corrected chi connectivity index (χ2v) is 6.96. The van der Waals surface area contributed by atoms with Gasteiger partial charge in [-0.15, -0.1) is 0 Å². The maximum absolute atomic E-state index is 12.5. The van der Waals surface area contributed by atoms with E-state index in [-0.39, 0.29) is 0 Å². The molecule has 130 valence electrons. The highest BCUT2D eigenvalue weighted by Gasteiger charge is 2.39. The first kappa shape index (κ1) is 16.1. The van der Waals surface area contributed by atoms with Crippen LogP contribution in [-0.4, -0.2) is 46.5 Å². The quantitative estimate of drug-likeness (QED) is 0.861. The summed E-state index contributed by atoms with van der Waals surface area (Å²) >= 11 is 0. The molecule has 2 aromatic heterocycles. The molecule has 0 N–H and O–H groups in total. The Labute approximate surface area is 148 Å².